The third-order valence-electron chi connectivity index (χ3n) is 2.07. The monoisotopic (exact) mass is 206 g/mol. The predicted molar refractivity (Wildman–Crippen MR) is 55.9 cm³/mol. The molecule has 14 heavy (non-hydrogen) atoms. The molecule has 70 valence electrons. The van der Waals surface area contributed by atoms with E-state index in [0.29, 0.717) is 0 Å². The molecule has 2 aromatic rings. The Labute approximate surface area is 86.8 Å². The average molecular weight is 207 g/mol. The van der Waals surface area contributed by atoms with E-state index in [0.717, 1.165) is 16.6 Å². The van der Waals surface area contributed by atoms with Crippen molar-refractivity contribution in [2.75, 3.05) is 7.05 Å². The molecule has 0 bridgehead atoms. The number of rotatable bonds is 1. The summed E-state index contributed by atoms with van der Waals surface area (Å²) in [6.45, 7) is 0. The minimum Gasteiger partial charge on any atom is -0.256 e. The molecule has 0 amide bonds. The van der Waals surface area contributed by atoms with Gasteiger partial charge < -0.3 is 0 Å². The van der Waals surface area contributed by atoms with Crippen molar-refractivity contribution < 1.29 is 4.70 Å². The molecule has 0 spiro atoms. The molecule has 0 aliphatic heterocycles. The largest absolute Gasteiger partial charge is 0.256 e. The maximum Gasteiger partial charge on any atom is 0.233 e. The minimum atomic E-state index is 0.945. The average Bonchev–Trinajstić information content (AvgIpc) is 2.27. The molecule has 0 radical (unpaired) electrons. The van der Waals surface area contributed by atoms with Crippen molar-refractivity contribution in [2.24, 2.45) is 4.63 Å². The molecule has 1 aromatic carbocycles. The van der Waals surface area contributed by atoms with Crippen LogP contribution in [0.15, 0.2) is 41.2 Å². The van der Waals surface area contributed by atoms with Crippen molar-refractivity contribution in [3.63, 3.8) is 0 Å². The Hall–Kier alpha value is -1.48. The van der Waals surface area contributed by atoms with Crippen molar-refractivity contribution in [3.05, 3.63) is 36.5 Å². The molecule has 0 saturated carbocycles. The second-order valence-corrected chi connectivity index (χ2v) is 3.13. The van der Waals surface area contributed by atoms with Gasteiger partial charge in [0.05, 0.1) is 10.2 Å². The summed E-state index contributed by atoms with van der Waals surface area (Å²) in [6.07, 6.45) is 1.78. The first-order chi connectivity index (χ1) is 6.81. The van der Waals surface area contributed by atoms with Crippen LogP contribution < -0.4 is 0 Å². The van der Waals surface area contributed by atoms with Crippen LogP contribution in [0.25, 0.3) is 10.9 Å². The molecule has 0 saturated heterocycles. The fourth-order valence-corrected chi connectivity index (χ4v) is 1.40. The third kappa shape index (κ3) is 1.59. The van der Waals surface area contributed by atoms with Crippen LogP contribution in [0.3, 0.4) is 0 Å². The molecule has 0 aliphatic carbocycles. The Morgan fingerprint density at radius 1 is 1.36 bits per heavy atom. The summed E-state index contributed by atoms with van der Waals surface area (Å²) in [7, 11) is 1.80. The van der Waals surface area contributed by atoms with Crippen LogP contribution in [0.4, 0.5) is 5.69 Å². The van der Waals surface area contributed by atoms with Crippen LogP contribution in [-0.2, 0) is 0 Å². The van der Waals surface area contributed by atoms with Crippen molar-refractivity contribution in [2.45, 2.75) is 0 Å². The van der Waals surface area contributed by atoms with Gasteiger partial charge in [0.15, 0.2) is 7.05 Å². The lowest BCUT2D eigenvalue weighted by atomic mass is 10.2. The number of aromatic nitrogens is 1. The molecule has 1 heterocycles. The zero-order valence-corrected chi connectivity index (χ0v) is 8.44. The fourth-order valence-electron chi connectivity index (χ4n) is 1.31. The van der Waals surface area contributed by atoms with Gasteiger partial charge in [0, 0.05) is 23.7 Å². The number of benzene rings is 1. The second kappa shape index (κ2) is 3.72. The highest BCUT2D eigenvalue weighted by Gasteiger charge is 2.05. The highest BCUT2D eigenvalue weighted by atomic mass is 35.5. The molecule has 3 nitrogen and oxygen atoms in total. The van der Waals surface area contributed by atoms with Crippen LogP contribution in [0, 0.1) is 0 Å². The predicted octanol–water partition coefficient (Wildman–Crippen LogP) is 3.11. The van der Waals surface area contributed by atoms with Gasteiger partial charge in [0.2, 0.25) is 5.69 Å². The summed E-state index contributed by atoms with van der Waals surface area (Å²) in [5.41, 5.74) is 1.92. The van der Waals surface area contributed by atoms with Crippen LogP contribution >= 0.6 is 11.8 Å². The Balaban J connectivity index is 2.62. The third-order valence-corrected chi connectivity index (χ3v) is 2.30. The van der Waals surface area contributed by atoms with Gasteiger partial charge in [-0.15, -0.1) is 0 Å². The highest BCUT2D eigenvalue weighted by Crippen LogP contribution is 2.18. The zero-order valence-electron chi connectivity index (χ0n) is 7.68. The van der Waals surface area contributed by atoms with Gasteiger partial charge >= 0.3 is 0 Å². The lowest BCUT2D eigenvalue weighted by Crippen LogP contribution is -1.91. The summed E-state index contributed by atoms with van der Waals surface area (Å²) < 4.78 is 5.16. The second-order valence-electron chi connectivity index (χ2n) is 2.98. The number of fused-ring (bicyclic) bond motifs is 1. The Kier molecular flexibility index (Phi) is 2.41. The lowest BCUT2D eigenvalue weighted by molar-refractivity contribution is -0.471. The zero-order chi connectivity index (χ0) is 9.97. The van der Waals surface area contributed by atoms with Crippen LogP contribution in [0.5, 0.6) is 0 Å². The van der Waals surface area contributed by atoms with Gasteiger partial charge in [-0.1, -0.05) is 10.8 Å². The van der Waals surface area contributed by atoms with E-state index in [-0.39, 0.29) is 0 Å². The van der Waals surface area contributed by atoms with E-state index >= 15 is 0 Å². The van der Waals surface area contributed by atoms with Gasteiger partial charge in [-0.25, -0.2) is 0 Å². The summed E-state index contributed by atoms with van der Waals surface area (Å²) in [4.78, 5) is 4.23. The van der Waals surface area contributed by atoms with Gasteiger partial charge in [-0.3, -0.25) is 4.98 Å². The van der Waals surface area contributed by atoms with Crippen molar-refractivity contribution in [1.82, 2.24) is 4.98 Å². The summed E-state index contributed by atoms with van der Waals surface area (Å²) in [6, 6.07) is 9.79. The smallest absolute Gasteiger partial charge is 0.233 e. The molecular formula is C10H9ClN3+. The van der Waals surface area contributed by atoms with Crippen molar-refractivity contribution in [3.8, 4) is 0 Å². The van der Waals surface area contributed by atoms with Gasteiger partial charge in [0.25, 0.3) is 0 Å². The fraction of sp³-hybridized carbons (Fsp3) is 0.100. The molecule has 0 aliphatic rings. The van der Waals surface area contributed by atoms with E-state index < -0.39 is 0 Å². The number of hydrogen-bond donors (Lipinski definition) is 0. The highest BCUT2D eigenvalue weighted by molar-refractivity contribution is 6.13. The maximum atomic E-state index is 5.37. The Morgan fingerprint density at radius 3 is 3.00 bits per heavy atom. The first kappa shape index (κ1) is 9.09. The molecular weight excluding hydrogens is 198 g/mol. The molecule has 2 rings (SSSR count). The van der Waals surface area contributed by atoms with E-state index in [4.69, 9.17) is 11.8 Å². The van der Waals surface area contributed by atoms with Crippen molar-refractivity contribution in [1.29, 1.82) is 0 Å². The number of hydrogen-bond acceptors (Lipinski definition) is 2. The molecule has 1 aromatic heterocycles. The van der Waals surface area contributed by atoms with Crippen LogP contribution in [-0.4, -0.2) is 16.7 Å². The van der Waals surface area contributed by atoms with Crippen molar-refractivity contribution >= 4 is 28.4 Å². The molecule has 0 N–H and O–H groups in total. The normalized spacial score (nSPS) is 12.0. The van der Waals surface area contributed by atoms with E-state index in [2.05, 4.69) is 9.62 Å². The Bertz CT molecular complexity index is 493. The minimum absolute atomic E-state index is 0.945. The lowest BCUT2D eigenvalue weighted by Gasteiger charge is -1.96. The quantitative estimate of drug-likeness (QED) is 0.521. The standard InChI is InChI=1S/C10H9ClN3/c1-14(13-11)9-4-5-10-8(7-9)3-2-6-12-10/h2-7H,1H3/q+1. The summed E-state index contributed by atoms with van der Waals surface area (Å²) in [5.74, 6) is 0. The Morgan fingerprint density at radius 2 is 2.21 bits per heavy atom. The number of nitrogens with zero attached hydrogens (tertiary/aromatic N) is 3. The first-order valence-electron chi connectivity index (χ1n) is 4.22. The first-order valence-corrected chi connectivity index (χ1v) is 4.55. The topological polar surface area (TPSA) is 28.3 Å². The molecule has 0 atom stereocenters. The van der Waals surface area contributed by atoms with E-state index in [9.17, 15) is 0 Å². The van der Waals surface area contributed by atoms with Gasteiger partial charge in [0.1, 0.15) is 11.8 Å². The number of halogens is 1. The van der Waals surface area contributed by atoms with Gasteiger partial charge in [-0.2, -0.15) is 0 Å². The van der Waals surface area contributed by atoms with E-state index in [1.807, 2.05) is 30.3 Å². The van der Waals surface area contributed by atoms with E-state index in [1.54, 1.807) is 17.9 Å². The van der Waals surface area contributed by atoms with Crippen LogP contribution in [0.1, 0.15) is 0 Å². The summed E-state index contributed by atoms with van der Waals surface area (Å²) >= 11 is 5.37. The molecule has 0 unspecified atom stereocenters. The maximum absolute atomic E-state index is 5.37. The van der Waals surface area contributed by atoms with Gasteiger partial charge in [-0.05, 0) is 12.1 Å². The molecule has 4 heteroatoms. The SMILES string of the molecule is C[N+](=NCl)c1ccc2ncccc2c1. The summed E-state index contributed by atoms with van der Waals surface area (Å²) in [5, 5.41) is 1.08. The van der Waals surface area contributed by atoms with Crippen LogP contribution in [0.2, 0.25) is 0 Å². The molecule has 0 fully saturated rings. The van der Waals surface area contributed by atoms with E-state index in [1.165, 1.54) is 0 Å². The number of pyridine rings is 1.